The van der Waals surface area contributed by atoms with Gasteiger partial charge in [0.05, 0.1) is 12.0 Å². The number of nitrogens with zero attached hydrogens (tertiary/aromatic N) is 3. The van der Waals surface area contributed by atoms with Gasteiger partial charge in [0.1, 0.15) is 0 Å². The van der Waals surface area contributed by atoms with E-state index in [0.717, 1.165) is 38.6 Å². The summed E-state index contributed by atoms with van der Waals surface area (Å²) >= 11 is 1.77. The van der Waals surface area contributed by atoms with E-state index in [4.69, 9.17) is 0 Å². The van der Waals surface area contributed by atoms with Crippen LogP contribution >= 0.6 is 35.3 Å². The van der Waals surface area contributed by atoms with Crippen molar-refractivity contribution in [3.8, 4) is 0 Å². The van der Waals surface area contributed by atoms with Crippen molar-refractivity contribution in [3.63, 3.8) is 0 Å². The minimum Gasteiger partial charge on any atom is -0.355 e. The number of thiophene rings is 1. The predicted octanol–water partition coefficient (Wildman–Crippen LogP) is 2.06. The van der Waals surface area contributed by atoms with Crippen molar-refractivity contribution in [1.82, 2.24) is 20.4 Å². The number of hydrogen-bond acceptors (Lipinski definition) is 4. The van der Waals surface area contributed by atoms with Crippen LogP contribution in [0.25, 0.3) is 0 Å². The van der Waals surface area contributed by atoms with E-state index in [1.165, 1.54) is 10.4 Å². The molecule has 29 heavy (non-hydrogen) atoms. The Kier molecular flexibility index (Phi) is 8.74. The molecule has 0 atom stereocenters. The van der Waals surface area contributed by atoms with Gasteiger partial charge in [-0.05, 0) is 36.3 Å². The summed E-state index contributed by atoms with van der Waals surface area (Å²) < 4.78 is 0. The molecular formula is C20H32IN5O2S. The van der Waals surface area contributed by atoms with Crippen molar-refractivity contribution >= 4 is 53.1 Å². The molecule has 0 radical (unpaired) electrons. The van der Waals surface area contributed by atoms with Gasteiger partial charge in [0.15, 0.2) is 5.96 Å². The summed E-state index contributed by atoms with van der Waals surface area (Å²) in [5, 5.41) is 8.49. The third-order valence-corrected chi connectivity index (χ3v) is 6.83. The van der Waals surface area contributed by atoms with Gasteiger partial charge in [0.25, 0.3) is 0 Å². The van der Waals surface area contributed by atoms with Gasteiger partial charge < -0.3 is 20.4 Å². The number of halogens is 1. The van der Waals surface area contributed by atoms with Gasteiger partial charge in [-0.3, -0.25) is 14.6 Å². The summed E-state index contributed by atoms with van der Waals surface area (Å²) in [6, 6.07) is 2.11. The lowest BCUT2D eigenvalue weighted by Crippen LogP contribution is -2.51. The maximum absolute atomic E-state index is 12.7. The first-order valence-electron chi connectivity index (χ1n) is 9.94. The Labute approximate surface area is 194 Å². The van der Waals surface area contributed by atoms with Crippen molar-refractivity contribution in [1.29, 1.82) is 0 Å². The highest BCUT2D eigenvalue weighted by atomic mass is 127. The van der Waals surface area contributed by atoms with Crippen LogP contribution in [0.1, 0.15) is 36.1 Å². The molecule has 7 nitrogen and oxygen atoms in total. The maximum Gasteiger partial charge on any atom is 0.242 e. The molecule has 162 valence electrons. The monoisotopic (exact) mass is 533 g/mol. The van der Waals surface area contributed by atoms with Gasteiger partial charge in [-0.25, -0.2) is 0 Å². The number of fused-ring (bicyclic) bond motifs is 1. The molecule has 2 heterocycles. The fourth-order valence-electron chi connectivity index (χ4n) is 4.20. The van der Waals surface area contributed by atoms with Gasteiger partial charge in [-0.2, -0.15) is 0 Å². The number of aliphatic imine (C=N–C) groups is 1. The molecule has 1 aliphatic carbocycles. The van der Waals surface area contributed by atoms with Crippen LogP contribution in [-0.4, -0.2) is 68.4 Å². The van der Waals surface area contributed by atoms with Gasteiger partial charge in [-0.15, -0.1) is 35.3 Å². The van der Waals surface area contributed by atoms with Gasteiger partial charge in [0, 0.05) is 45.7 Å². The summed E-state index contributed by atoms with van der Waals surface area (Å²) in [6.45, 7) is 2.19. The Hall–Kier alpha value is -1.36. The Balaban J connectivity index is 0.00000300. The van der Waals surface area contributed by atoms with Crippen LogP contribution < -0.4 is 10.6 Å². The summed E-state index contributed by atoms with van der Waals surface area (Å²) in [7, 11) is 5.31. The average Bonchev–Trinajstić information content (AvgIpc) is 3.36. The SMILES string of the molecule is CN=C(NCC(=O)N1CCc2sccc2C1)NCC1(C(=O)N(C)C)CCCC1.I. The zero-order valence-corrected chi connectivity index (χ0v) is 20.6. The van der Waals surface area contributed by atoms with Crippen LogP contribution in [0.3, 0.4) is 0 Å². The van der Waals surface area contributed by atoms with E-state index in [1.54, 1.807) is 23.3 Å². The Morgan fingerprint density at radius 2 is 2.00 bits per heavy atom. The molecule has 1 aromatic heterocycles. The Morgan fingerprint density at radius 3 is 2.66 bits per heavy atom. The number of carbonyl (C=O) groups is 2. The van der Waals surface area contributed by atoms with Crippen LogP contribution in [0, 0.1) is 5.41 Å². The lowest BCUT2D eigenvalue weighted by molar-refractivity contribution is -0.139. The lowest BCUT2D eigenvalue weighted by Gasteiger charge is -2.31. The van der Waals surface area contributed by atoms with Crippen molar-refractivity contribution in [3.05, 3.63) is 21.9 Å². The Bertz CT molecular complexity index is 743. The largest absolute Gasteiger partial charge is 0.355 e. The molecule has 0 saturated heterocycles. The van der Waals surface area contributed by atoms with E-state index >= 15 is 0 Å². The first-order valence-corrected chi connectivity index (χ1v) is 10.8. The molecule has 1 saturated carbocycles. The number of nitrogens with one attached hydrogen (secondary N) is 2. The molecule has 1 fully saturated rings. The van der Waals surface area contributed by atoms with E-state index in [0.29, 0.717) is 19.0 Å². The number of carbonyl (C=O) groups excluding carboxylic acids is 2. The second kappa shape index (κ2) is 10.6. The summed E-state index contributed by atoms with van der Waals surface area (Å²) in [4.78, 5) is 34.5. The van der Waals surface area contributed by atoms with E-state index in [1.807, 2.05) is 19.0 Å². The first-order chi connectivity index (χ1) is 13.4. The molecule has 3 rings (SSSR count). The van der Waals surface area contributed by atoms with Crippen LogP contribution in [0.2, 0.25) is 0 Å². The fourth-order valence-corrected chi connectivity index (χ4v) is 5.09. The topological polar surface area (TPSA) is 77.0 Å². The molecule has 1 aliphatic heterocycles. The highest BCUT2D eigenvalue weighted by Crippen LogP contribution is 2.38. The van der Waals surface area contributed by atoms with Crippen molar-refractivity contribution in [2.24, 2.45) is 10.4 Å². The smallest absolute Gasteiger partial charge is 0.242 e. The van der Waals surface area contributed by atoms with Gasteiger partial charge in [0.2, 0.25) is 11.8 Å². The Morgan fingerprint density at radius 1 is 1.28 bits per heavy atom. The highest BCUT2D eigenvalue weighted by Gasteiger charge is 2.42. The second-order valence-corrected chi connectivity index (χ2v) is 8.90. The molecule has 2 N–H and O–H groups in total. The second-order valence-electron chi connectivity index (χ2n) is 7.90. The van der Waals surface area contributed by atoms with Gasteiger partial charge >= 0.3 is 0 Å². The number of amides is 2. The van der Waals surface area contributed by atoms with Crippen LogP contribution in [-0.2, 0) is 22.6 Å². The van der Waals surface area contributed by atoms with Gasteiger partial charge in [-0.1, -0.05) is 12.8 Å². The average molecular weight is 533 g/mol. The first kappa shape index (κ1) is 23.9. The fraction of sp³-hybridized carbons (Fsp3) is 0.650. The lowest BCUT2D eigenvalue weighted by atomic mass is 9.84. The quantitative estimate of drug-likeness (QED) is 0.345. The third-order valence-electron chi connectivity index (χ3n) is 5.81. The van der Waals surface area contributed by atoms with Crippen molar-refractivity contribution in [2.75, 3.05) is 40.8 Å². The van der Waals surface area contributed by atoms with E-state index < -0.39 is 0 Å². The van der Waals surface area contributed by atoms with Crippen molar-refractivity contribution in [2.45, 2.75) is 38.6 Å². The van der Waals surface area contributed by atoms with Crippen LogP contribution in [0.5, 0.6) is 0 Å². The molecule has 2 aliphatic rings. The van der Waals surface area contributed by atoms with Crippen molar-refractivity contribution < 1.29 is 9.59 Å². The van der Waals surface area contributed by atoms with E-state index in [9.17, 15) is 9.59 Å². The summed E-state index contributed by atoms with van der Waals surface area (Å²) in [6.07, 6.45) is 4.87. The van der Waals surface area contributed by atoms with E-state index in [2.05, 4.69) is 27.1 Å². The molecule has 0 aromatic carbocycles. The zero-order chi connectivity index (χ0) is 20.1. The van der Waals surface area contributed by atoms with Crippen LogP contribution in [0.4, 0.5) is 0 Å². The molecule has 9 heteroatoms. The molecule has 2 amide bonds. The zero-order valence-electron chi connectivity index (χ0n) is 17.5. The molecule has 1 aromatic rings. The molecular weight excluding hydrogens is 501 g/mol. The minimum absolute atomic E-state index is 0. The van der Waals surface area contributed by atoms with E-state index in [-0.39, 0.29) is 47.8 Å². The number of rotatable bonds is 5. The standard InChI is InChI=1S/C20H31N5O2S.HI/c1-21-19(23-14-20(8-4-5-9-20)18(27)24(2)3)22-12-17(26)25-10-6-16-15(13-25)7-11-28-16;/h7,11H,4-6,8-10,12-14H2,1-3H3,(H2,21,22,23);1H. The molecule has 0 bridgehead atoms. The van der Waals surface area contributed by atoms with Crippen LogP contribution in [0.15, 0.2) is 16.4 Å². The normalized spacial score (nSPS) is 17.9. The number of hydrogen-bond donors (Lipinski definition) is 2. The predicted molar refractivity (Wildman–Crippen MR) is 128 cm³/mol. The highest BCUT2D eigenvalue weighted by molar-refractivity contribution is 14.0. The third kappa shape index (κ3) is 5.62. The maximum atomic E-state index is 12.7. The number of guanidine groups is 1. The summed E-state index contributed by atoms with van der Waals surface area (Å²) in [5.41, 5.74) is 0.894. The molecule has 0 unspecified atom stereocenters. The molecule has 0 spiro atoms. The summed E-state index contributed by atoms with van der Waals surface area (Å²) in [5.74, 6) is 0.808. The minimum atomic E-state index is -0.368.